The van der Waals surface area contributed by atoms with E-state index in [-0.39, 0.29) is 53.2 Å². The number of nitrogens with zero attached hydrogens (tertiary/aromatic N) is 2. The van der Waals surface area contributed by atoms with Crippen molar-refractivity contribution in [2.45, 2.75) is 0 Å². The molecule has 0 amide bonds. The lowest BCUT2D eigenvalue weighted by molar-refractivity contribution is 1.18. The van der Waals surface area contributed by atoms with Crippen LogP contribution in [0.1, 0.15) is 12.3 Å². The zero-order valence-corrected chi connectivity index (χ0v) is 30.1. The second-order valence-corrected chi connectivity index (χ2v) is 13.5. The quantitative estimate of drug-likeness (QED) is 0.152. The Labute approximate surface area is 340 Å². The zero-order valence-electron chi connectivity index (χ0n) is 39.1. The van der Waals surface area contributed by atoms with Crippen molar-refractivity contribution in [3.8, 4) is 50.2 Å². The summed E-state index contributed by atoms with van der Waals surface area (Å²) in [5.74, 6) is 0. The molecule has 0 unspecified atom stereocenters. The van der Waals surface area contributed by atoms with E-state index in [0.29, 0.717) is 28.0 Å². The van der Waals surface area contributed by atoms with Gasteiger partial charge in [-0.25, -0.2) is 0 Å². The minimum Gasteiger partial charge on any atom is -0.311 e. The number of para-hydroxylation sites is 2. The Morgan fingerprint density at radius 1 is 0.357 bits per heavy atom. The molecular formula is C54H38N2. The zero-order chi connectivity index (χ0) is 45.1. The van der Waals surface area contributed by atoms with E-state index in [2.05, 4.69) is 0 Å². The molecule has 0 aliphatic heterocycles. The molecule has 56 heavy (non-hydrogen) atoms. The third-order valence-corrected chi connectivity index (χ3v) is 10.2. The van der Waals surface area contributed by atoms with Gasteiger partial charge in [-0.3, -0.25) is 0 Å². The lowest BCUT2D eigenvalue weighted by atomic mass is 9.95. The molecule has 0 bridgehead atoms. The molecule has 0 radical (unpaired) electrons. The molecule has 0 aliphatic carbocycles. The summed E-state index contributed by atoms with van der Waals surface area (Å²) >= 11 is 0. The molecule has 0 saturated heterocycles. The summed E-state index contributed by atoms with van der Waals surface area (Å²) in [7, 11) is 0. The molecule has 10 aromatic rings. The summed E-state index contributed by atoms with van der Waals surface area (Å²) in [5.41, 5.74) is 9.04. The van der Waals surface area contributed by atoms with Crippen molar-refractivity contribution in [3.05, 3.63) is 230 Å². The van der Waals surface area contributed by atoms with E-state index in [1.54, 1.807) is 15.5 Å². The molecule has 2 nitrogen and oxygen atoms in total. The van der Waals surface area contributed by atoms with Crippen LogP contribution in [0.3, 0.4) is 0 Å². The highest BCUT2D eigenvalue weighted by Gasteiger charge is 2.17. The van der Waals surface area contributed by atoms with Crippen molar-refractivity contribution >= 4 is 38.9 Å². The Morgan fingerprint density at radius 2 is 0.875 bits per heavy atom. The van der Waals surface area contributed by atoms with Gasteiger partial charge in [0.1, 0.15) is 0 Å². The SMILES string of the molecule is [2H]c1c([2H])c([2H])c(-n2c3ccccc3c3c(-c4cccc(-c5c([2H])c([2H])c(N(c6ccc(-c7ccccc7)cc6)c6ccc(-c7ccccc7)cc6)c([2H])c5[2H])c4)cccc32)c([2H])c1[2H]. The number of anilines is 3. The van der Waals surface area contributed by atoms with Gasteiger partial charge in [-0.05, 0) is 111 Å². The third kappa shape index (κ3) is 6.14. The summed E-state index contributed by atoms with van der Waals surface area (Å²) in [6.45, 7) is 0. The first-order valence-corrected chi connectivity index (χ1v) is 18.4. The van der Waals surface area contributed by atoms with E-state index in [4.69, 9.17) is 6.85 Å². The van der Waals surface area contributed by atoms with Gasteiger partial charge in [0, 0.05) is 33.5 Å². The van der Waals surface area contributed by atoms with Gasteiger partial charge in [0.05, 0.1) is 23.4 Å². The Kier molecular flexibility index (Phi) is 6.39. The van der Waals surface area contributed by atoms with Crippen LogP contribution in [0.15, 0.2) is 230 Å². The highest BCUT2D eigenvalue weighted by atomic mass is 15.1. The smallest absolute Gasteiger partial charge is 0.0645 e. The van der Waals surface area contributed by atoms with Gasteiger partial charge in [0.15, 0.2) is 0 Å². The first-order valence-electron chi connectivity index (χ1n) is 22.9. The molecule has 2 heteroatoms. The molecular weight excluding hydrogens is 677 g/mol. The van der Waals surface area contributed by atoms with Gasteiger partial charge in [-0.1, -0.05) is 164 Å². The minimum atomic E-state index is -0.466. The third-order valence-electron chi connectivity index (χ3n) is 10.2. The molecule has 10 rings (SSSR count). The van der Waals surface area contributed by atoms with Gasteiger partial charge in [-0.2, -0.15) is 0 Å². The maximum absolute atomic E-state index is 9.58. The molecule has 264 valence electrons. The molecule has 0 saturated carbocycles. The van der Waals surface area contributed by atoms with Gasteiger partial charge < -0.3 is 9.47 Å². The first kappa shape index (κ1) is 24.8. The van der Waals surface area contributed by atoms with Crippen molar-refractivity contribution in [2.75, 3.05) is 4.90 Å². The lowest BCUT2D eigenvalue weighted by Gasteiger charge is -2.26. The van der Waals surface area contributed by atoms with E-state index in [1.807, 2.05) is 170 Å². The van der Waals surface area contributed by atoms with Crippen LogP contribution in [0, 0.1) is 0 Å². The van der Waals surface area contributed by atoms with Crippen molar-refractivity contribution in [2.24, 2.45) is 0 Å². The van der Waals surface area contributed by atoms with Crippen LogP contribution in [-0.2, 0) is 0 Å². The largest absolute Gasteiger partial charge is 0.311 e. The second-order valence-electron chi connectivity index (χ2n) is 13.5. The fourth-order valence-electron chi connectivity index (χ4n) is 7.53. The van der Waals surface area contributed by atoms with Crippen molar-refractivity contribution in [3.63, 3.8) is 0 Å². The van der Waals surface area contributed by atoms with Gasteiger partial charge in [0.25, 0.3) is 0 Å². The van der Waals surface area contributed by atoms with Crippen LogP contribution in [0.4, 0.5) is 17.1 Å². The van der Waals surface area contributed by atoms with Crippen LogP contribution in [0.2, 0.25) is 0 Å². The highest BCUT2D eigenvalue weighted by Crippen LogP contribution is 2.41. The Morgan fingerprint density at radius 3 is 1.52 bits per heavy atom. The van der Waals surface area contributed by atoms with E-state index < -0.39 is 18.1 Å². The monoisotopic (exact) mass is 723 g/mol. The lowest BCUT2D eigenvalue weighted by Crippen LogP contribution is -2.09. The van der Waals surface area contributed by atoms with E-state index in [1.165, 1.54) is 0 Å². The van der Waals surface area contributed by atoms with Crippen molar-refractivity contribution in [1.82, 2.24) is 4.57 Å². The standard InChI is InChI=1S/C54H38N2/c1-4-14-39(15-5-1)41-26-32-47(33-27-41)55(48-34-28-42(29-35-48)40-16-6-2-7-17-40)49-36-30-43(31-37-49)44-18-12-19-45(38-44)50-23-13-25-53-54(50)51-22-10-11-24-52(51)56(53)46-20-8-3-9-21-46/h1-38H/i3D,8D,9D,20D,21D,30D,31D,36D,37D. The van der Waals surface area contributed by atoms with Crippen LogP contribution in [-0.4, -0.2) is 4.57 Å². The molecule has 0 atom stereocenters. The van der Waals surface area contributed by atoms with Gasteiger partial charge >= 0.3 is 0 Å². The van der Waals surface area contributed by atoms with E-state index in [9.17, 15) is 5.48 Å². The molecule has 9 aromatic carbocycles. The minimum absolute atomic E-state index is 0.0464. The number of benzene rings is 9. The average Bonchev–Trinajstić information content (AvgIpc) is 3.68. The molecule has 1 aromatic heterocycles. The van der Waals surface area contributed by atoms with Gasteiger partial charge in [0.2, 0.25) is 0 Å². The summed E-state index contributed by atoms with van der Waals surface area (Å²) < 4.78 is 82.6. The topological polar surface area (TPSA) is 8.17 Å². The maximum atomic E-state index is 9.58. The Balaban J connectivity index is 1.12. The van der Waals surface area contributed by atoms with Crippen molar-refractivity contribution < 1.29 is 12.3 Å². The van der Waals surface area contributed by atoms with Crippen LogP contribution < -0.4 is 4.90 Å². The maximum Gasteiger partial charge on any atom is 0.0645 e. The highest BCUT2D eigenvalue weighted by molar-refractivity contribution is 6.15. The van der Waals surface area contributed by atoms with Crippen LogP contribution >= 0.6 is 0 Å². The predicted molar refractivity (Wildman–Crippen MR) is 237 cm³/mol. The number of fused-ring (bicyclic) bond motifs is 3. The first-order chi connectivity index (χ1) is 31.5. The Bertz CT molecular complexity index is 3320. The summed E-state index contributed by atoms with van der Waals surface area (Å²) in [6.07, 6.45) is 0. The van der Waals surface area contributed by atoms with E-state index >= 15 is 0 Å². The molecule has 0 fully saturated rings. The molecule has 0 N–H and O–H groups in total. The number of aromatic nitrogens is 1. The molecule has 0 spiro atoms. The Hall–Kier alpha value is -7.42. The summed E-state index contributed by atoms with van der Waals surface area (Å²) in [4.78, 5) is 1.79. The number of rotatable bonds is 8. The normalized spacial score (nSPS) is 13.5. The summed E-state index contributed by atoms with van der Waals surface area (Å²) in [6, 6.07) is 53.6. The average molecular weight is 724 g/mol. The fourth-order valence-corrected chi connectivity index (χ4v) is 7.53. The van der Waals surface area contributed by atoms with Gasteiger partial charge in [-0.15, -0.1) is 0 Å². The van der Waals surface area contributed by atoms with Crippen LogP contribution in [0.5, 0.6) is 0 Å². The van der Waals surface area contributed by atoms with Crippen molar-refractivity contribution in [1.29, 1.82) is 0 Å². The van der Waals surface area contributed by atoms with E-state index in [0.717, 1.165) is 44.2 Å². The molecule has 1 heterocycles. The molecule has 0 aliphatic rings. The number of hydrogen-bond donors (Lipinski definition) is 0. The number of hydrogen-bond acceptors (Lipinski definition) is 1. The fraction of sp³-hybridized carbons (Fsp3) is 0. The predicted octanol–water partition coefficient (Wildman–Crippen LogP) is 14.9. The van der Waals surface area contributed by atoms with Crippen LogP contribution in [0.25, 0.3) is 72.0 Å². The summed E-state index contributed by atoms with van der Waals surface area (Å²) in [5, 5.41) is 1.59. The second kappa shape index (κ2) is 14.4.